The minimum absolute atomic E-state index is 0.578. The first-order chi connectivity index (χ1) is 7.97. The second-order valence-electron chi connectivity index (χ2n) is 4.68. The van der Waals surface area contributed by atoms with E-state index in [-0.39, 0.29) is 0 Å². The predicted molar refractivity (Wildman–Crippen MR) is 62.4 cm³/mol. The van der Waals surface area contributed by atoms with E-state index in [0.29, 0.717) is 5.92 Å². The Kier molecular flexibility index (Phi) is 3.27. The minimum Gasteiger partial charge on any atom is -0.166 e. The summed E-state index contributed by atoms with van der Waals surface area (Å²) in [5.41, 5.74) is 1.52. The molecule has 1 aliphatic rings. The number of hydrogen-bond acceptors (Lipinski definition) is 0. The fourth-order valence-electron chi connectivity index (χ4n) is 2.10. The second-order valence-corrected chi connectivity index (χ2v) is 4.68. The van der Waals surface area contributed by atoms with E-state index in [1.807, 2.05) is 0 Å². The summed E-state index contributed by atoms with van der Waals surface area (Å²) >= 11 is 0. The van der Waals surface area contributed by atoms with Gasteiger partial charge >= 0.3 is 6.18 Å². The highest BCUT2D eigenvalue weighted by Gasteiger charge is 2.30. The van der Waals surface area contributed by atoms with E-state index in [0.717, 1.165) is 37.0 Å². The van der Waals surface area contributed by atoms with Crippen LogP contribution < -0.4 is 0 Å². The molecule has 0 N–H and O–H groups in total. The van der Waals surface area contributed by atoms with Gasteiger partial charge in [-0.05, 0) is 48.4 Å². The van der Waals surface area contributed by atoms with Crippen LogP contribution in [0.2, 0.25) is 0 Å². The third kappa shape index (κ3) is 2.90. The smallest absolute Gasteiger partial charge is 0.166 e. The standard InChI is InChI=1S/C14H15F3/c1-10-2-4-11(5-3-10)12-6-8-13(9-7-12)14(15,16)17/h4,6-10H,2-3,5H2,1H3. The average molecular weight is 240 g/mol. The third-order valence-electron chi connectivity index (χ3n) is 3.26. The summed E-state index contributed by atoms with van der Waals surface area (Å²) in [4.78, 5) is 0. The van der Waals surface area contributed by atoms with Crippen LogP contribution in [0.3, 0.4) is 0 Å². The average Bonchev–Trinajstić information content (AvgIpc) is 2.29. The van der Waals surface area contributed by atoms with Crippen LogP contribution >= 0.6 is 0 Å². The Morgan fingerprint density at radius 1 is 1.12 bits per heavy atom. The maximum atomic E-state index is 12.4. The van der Waals surface area contributed by atoms with Crippen molar-refractivity contribution in [2.24, 2.45) is 5.92 Å². The molecule has 0 aliphatic heterocycles. The summed E-state index contributed by atoms with van der Waals surface area (Å²) < 4.78 is 37.2. The molecule has 2 rings (SSSR count). The van der Waals surface area contributed by atoms with Crippen molar-refractivity contribution in [2.75, 3.05) is 0 Å². The third-order valence-corrected chi connectivity index (χ3v) is 3.26. The molecule has 0 radical (unpaired) electrons. The van der Waals surface area contributed by atoms with Crippen LogP contribution in [-0.2, 0) is 6.18 Å². The van der Waals surface area contributed by atoms with Crippen LogP contribution in [0.4, 0.5) is 13.2 Å². The number of alkyl halides is 3. The quantitative estimate of drug-likeness (QED) is 0.654. The molecule has 92 valence electrons. The van der Waals surface area contributed by atoms with Gasteiger partial charge in [0.15, 0.2) is 0 Å². The molecule has 1 unspecified atom stereocenters. The van der Waals surface area contributed by atoms with Gasteiger partial charge in [-0.15, -0.1) is 0 Å². The zero-order valence-corrected chi connectivity index (χ0v) is 9.72. The predicted octanol–water partition coefficient (Wildman–Crippen LogP) is 4.91. The van der Waals surface area contributed by atoms with Gasteiger partial charge in [-0.2, -0.15) is 13.2 Å². The fourth-order valence-corrected chi connectivity index (χ4v) is 2.10. The molecule has 0 fully saturated rings. The molecule has 0 amide bonds. The normalized spacial score (nSPS) is 21.2. The van der Waals surface area contributed by atoms with Crippen molar-refractivity contribution in [1.29, 1.82) is 0 Å². The summed E-state index contributed by atoms with van der Waals surface area (Å²) in [7, 11) is 0. The minimum atomic E-state index is -4.24. The molecule has 1 aromatic carbocycles. The van der Waals surface area contributed by atoms with E-state index in [1.165, 1.54) is 5.57 Å². The Hall–Kier alpha value is -1.25. The zero-order chi connectivity index (χ0) is 12.5. The Balaban J connectivity index is 2.19. The molecular weight excluding hydrogens is 225 g/mol. The van der Waals surface area contributed by atoms with Crippen molar-refractivity contribution in [3.05, 3.63) is 41.5 Å². The number of allylic oxidation sites excluding steroid dienone is 2. The van der Waals surface area contributed by atoms with Crippen LogP contribution in [-0.4, -0.2) is 0 Å². The van der Waals surface area contributed by atoms with Gasteiger partial charge in [0.1, 0.15) is 0 Å². The first-order valence-electron chi connectivity index (χ1n) is 5.83. The summed E-state index contributed by atoms with van der Waals surface area (Å²) in [6, 6.07) is 5.47. The first-order valence-corrected chi connectivity index (χ1v) is 5.83. The number of halogens is 3. The Labute approximate surface area is 99.2 Å². The molecule has 0 nitrogen and oxygen atoms in total. The molecule has 1 aromatic rings. The summed E-state index contributed by atoms with van der Waals surface area (Å²) in [5, 5.41) is 0. The molecule has 3 heteroatoms. The van der Waals surface area contributed by atoms with Gasteiger partial charge in [-0.25, -0.2) is 0 Å². The largest absolute Gasteiger partial charge is 0.416 e. The lowest BCUT2D eigenvalue weighted by Gasteiger charge is -2.18. The Bertz CT molecular complexity index is 412. The number of hydrogen-bond donors (Lipinski definition) is 0. The van der Waals surface area contributed by atoms with Gasteiger partial charge in [0.2, 0.25) is 0 Å². The van der Waals surface area contributed by atoms with Crippen LogP contribution in [0.1, 0.15) is 37.3 Å². The molecule has 0 spiro atoms. The molecule has 0 aromatic heterocycles. The number of benzene rings is 1. The van der Waals surface area contributed by atoms with Crippen molar-refractivity contribution in [1.82, 2.24) is 0 Å². The molecule has 1 aliphatic carbocycles. The number of rotatable bonds is 1. The summed E-state index contributed by atoms with van der Waals surface area (Å²) in [6.07, 6.45) is 1.01. The molecule has 0 bridgehead atoms. The van der Waals surface area contributed by atoms with E-state index in [4.69, 9.17) is 0 Å². The van der Waals surface area contributed by atoms with Crippen LogP contribution in [0.5, 0.6) is 0 Å². The Morgan fingerprint density at radius 2 is 1.76 bits per heavy atom. The fraction of sp³-hybridized carbons (Fsp3) is 0.429. The van der Waals surface area contributed by atoms with E-state index in [2.05, 4.69) is 13.0 Å². The summed E-state index contributed by atoms with van der Waals surface area (Å²) in [5.74, 6) is 0.688. The topological polar surface area (TPSA) is 0 Å². The van der Waals surface area contributed by atoms with Gasteiger partial charge in [-0.1, -0.05) is 25.1 Å². The zero-order valence-electron chi connectivity index (χ0n) is 9.72. The molecule has 0 saturated carbocycles. The van der Waals surface area contributed by atoms with Gasteiger partial charge in [0, 0.05) is 0 Å². The van der Waals surface area contributed by atoms with E-state index in [9.17, 15) is 13.2 Å². The molecule has 1 atom stereocenters. The van der Waals surface area contributed by atoms with Gasteiger partial charge in [-0.3, -0.25) is 0 Å². The van der Waals surface area contributed by atoms with Crippen molar-refractivity contribution in [2.45, 2.75) is 32.4 Å². The van der Waals surface area contributed by atoms with E-state index < -0.39 is 11.7 Å². The first kappa shape index (κ1) is 12.2. The van der Waals surface area contributed by atoms with Gasteiger partial charge in [0.05, 0.1) is 5.56 Å². The highest BCUT2D eigenvalue weighted by molar-refractivity contribution is 5.66. The summed E-state index contributed by atoms with van der Waals surface area (Å²) in [6.45, 7) is 2.19. The van der Waals surface area contributed by atoms with Crippen LogP contribution in [0, 0.1) is 5.92 Å². The lowest BCUT2D eigenvalue weighted by Crippen LogP contribution is -2.05. The van der Waals surface area contributed by atoms with E-state index in [1.54, 1.807) is 12.1 Å². The lowest BCUT2D eigenvalue weighted by molar-refractivity contribution is -0.137. The monoisotopic (exact) mass is 240 g/mol. The van der Waals surface area contributed by atoms with Crippen molar-refractivity contribution < 1.29 is 13.2 Å². The SMILES string of the molecule is CC1CC=C(c2ccc(C(F)(F)F)cc2)CC1. The van der Waals surface area contributed by atoms with E-state index >= 15 is 0 Å². The van der Waals surface area contributed by atoms with Gasteiger partial charge in [0.25, 0.3) is 0 Å². The molecule has 17 heavy (non-hydrogen) atoms. The molecule has 0 saturated heterocycles. The van der Waals surface area contributed by atoms with Crippen molar-refractivity contribution in [3.8, 4) is 0 Å². The van der Waals surface area contributed by atoms with Crippen LogP contribution in [0.15, 0.2) is 30.3 Å². The molecule has 0 heterocycles. The second kappa shape index (κ2) is 4.55. The highest BCUT2D eigenvalue weighted by atomic mass is 19.4. The maximum Gasteiger partial charge on any atom is 0.416 e. The lowest BCUT2D eigenvalue weighted by atomic mass is 9.87. The highest BCUT2D eigenvalue weighted by Crippen LogP contribution is 2.33. The Morgan fingerprint density at radius 3 is 2.24 bits per heavy atom. The van der Waals surface area contributed by atoms with Crippen molar-refractivity contribution in [3.63, 3.8) is 0 Å². The molecular formula is C14H15F3. The van der Waals surface area contributed by atoms with Crippen molar-refractivity contribution >= 4 is 5.57 Å². The maximum absolute atomic E-state index is 12.4. The van der Waals surface area contributed by atoms with Gasteiger partial charge < -0.3 is 0 Å². The van der Waals surface area contributed by atoms with Crippen LogP contribution in [0.25, 0.3) is 5.57 Å².